The number of carbonyl (C=O) groups excluding carboxylic acids is 1. The predicted molar refractivity (Wildman–Crippen MR) is 79.3 cm³/mol. The van der Waals surface area contributed by atoms with E-state index in [1.807, 2.05) is 27.7 Å². The summed E-state index contributed by atoms with van der Waals surface area (Å²) in [6.07, 6.45) is 4.17. The van der Waals surface area contributed by atoms with Crippen molar-refractivity contribution in [3.05, 3.63) is 12.2 Å². The molecule has 0 atom stereocenters. The highest BCUT2D eigenvalue weighted by molar-refractivity contribution is 6.66. The molecule has 0 spiro atoms. The van der Waals surface area contributed by atoms with Crippen LogP contribution in [0.5, 0.6) is 0 Å². The number of allylic oxidation sites excluding steroid dienone is 1. The van der Waals surface area contributed by atoms with E-state index in [-0.39, 0.29) is 18.2 Å². The Morgan fingerprint density at radius 3 is 2.11 bits per heavy atom. The molecular weight excluding hydrogens is 260 g/mol. The van der Waals surface area contributed by atoms with Crippen LogP contribution in [0.15, 0.2) is 12.2 Å². The molecule has 0 aliphatic rings. The molecule has 0 aliphatic heterocycles. The first-order chi connectivity index (χ1) is 8.79. The third-order valence-corrected chi connectivity index (χ3v) is 5.49. The predicted octanol–water partition coefficient (Wildman–Crippen LogP) is 3.42. The first-order valence-corrected chi connectivity index (χ1v) is 9.46. The van der Waals surface area contributed by atoms with Gasteiger partial charge >= 0.3 is 14.5 Å². The molecular formula is C14H28O4Si. The zero-order valence-electron chi connectivity index (χ0n) is 13.1. The van der Waals surface area contributed by atoms with Gasteiger partial charge in [-0.15, -0.1) is 0 Å². The second kappa shape index (κ2) is 9.28. The van der Waals surface area contributed by atoms with E-state index in [9.17, 15) is 4.79 Å². The number of hydrogen-bond donors (Lipinski definition) is 0. The minimum atomic E-state index is -2.18. The lowest BCUT2D eigenvalue weighted by molar-refractivity contribution is -0.137. The fourth-order valence-corrected chi connectivity index (χ4v) is 4.97. The summed E-state index contributed by atoms with van der Waals surface area (Å²) in [7, 11) is -2.18. The summed E-state index contributed by atoms with van der Waals surface area (Å²) in [6, 6.07) is 0.826. The van der Waals surface area contributed by atoms with Crippen LogP contribution in [0.2, 0.25) is 12.6 Å². The zero-order chi connectivity index (χ0) is 14.9. The molecule has 0 heterocycles. The van der Waals surface area contributed by atoms with Gasteiger partial charge in [0.1, 0.15) is 0 Å². The minimum absolute atomic E-state index is 0.154. The highest BCUT2D eigenvalue weighted by Gasteiger charge is 2.33. The highest BCUT2D eigenvalue weighted by atomic mass is 28.4. The maximum Gasteiger partial charge on any atom is 0.335 e. The standard InChI is InChI=1S/C14H28O4Si/c1-7-9-14(15)16-10-8-11-19(6,17-12(2)3)18-13(4)5/h7,9,12-13H,8,10-11H2,1-6H3. The van der Waals surface area contributed by atoms with Gasteiger partial charge in [-0.25, -0.2) is 4.79 Å². The molecule has 0 aromatic carbocycles. The molecule has 4 nitrogen and oxygen atoms in total. The molecule has 0 saturated heterocycles. The lowest BCUT2D eigenvalue weighted by Crippen LogP contribution is -2.43. The highest BCUT2D eigenvalue weighted by Crippen LogP contribution is 2.20. The Bertz CT molecular complexity index is 277. The molecule has 0 rings (SSSR count). The van der Waals surface area contributed by atoms with Crippen molar-refractivity contribution in [3.63, 3.8) is 0 Å². The molecule has 0 aromatic heterocycles. The maximum atomic E-state index is 11.2. The Morgan fingerprint density at radius 1 is 1.16 bits per heavy atom. The van der Waals surface area contributed by atoms with Crippen LogP contribution in [0.3, 0.4) is 0 Å². The third kappa shape index (κ3) is 9.87. The summed E-state index contributed by atoms with van der Waals surface area (Å²) < 4.78 is 17.0. The number of hydrogen-bond acceptors (Lipinski definition) is 4. The largest absolute Gasteiger partial charge is 0.463 e. The SMILES string of the molecule is CC=CC(=O)OCCC[Si](C)(OC(C)C)OC(C)C. The normalized spacial score (nSPS) is 12.6. The van der Waals surface area contributed by atoms with E-state index in [2.05, 4.69) is 6.55 Å². The van der Waals surface area contributed by atoms with Crippen molar-refractivity contribution in [3.8, 4) is 0 Å². The Labute approximate surface area is 118 Å². The van der Waals surface area contributed by atoms with E-state index < -0.39 is 8.56 Å². The van der Waals surface area contributed by atoms with Crippen LogP contribution in [0.25, 0.3) is 0 Å². The molecule has 0 aromatic rings. The van der Waals surface area contributed by atoms with Gasteiger partial charge in [-0.1, -0.05) is 6.08 Å². The summed E-state index contributed by atoms with van der Waals surface area (Å²) in [5.41, 5.74) is 0. The van der Waals surface area contributed by atoms with Gasteiger partial charge in [0.15, 0.2) is 0 Å². The lowest BCUT2D eigenvalue weighted by atomic mass is 10.5. The van der Waals surface area contributed by atoms with Crippen molar-refractivity contribution >= 4 is 14.5 Å². The molecule has 5 heteroatoms. The molecule has 0 aliphatic carbocycles. The quantitative estimate of drug-likeness (QED) is 0.282. The van der Waals surface area contributed by atoms with Gasteiger partial charge < -0.3 is 13.6 Å². The van der Waals surface area contributed by atoms with E-state index in [0.717, 1.165) is 12.5 Å². The van der Waals surface area contributed by atoms with Gasteiger partial charge in [0.2, 0.25) is 0 Å². The van der Waals surface area contributed by atoms with Crippen molar-refractivity contribution < 1.29 is 18.4 Å². The van der Waals surface area contributed by atoms with Crippen molar-refractivity contribution in [2.75, 3.05) is 6.61 Å². The molecule has 0 radical (unpaired) electrons. The summed E-state index contributed by atoms with van der Waals surface area (Å²) in [5, 5.41) is 0. The Morgan fingerprint density at radius 2 is 1.68 bits per heavy atom. The molecule has 19 heavy (non-hydrogen) atoms. The second-order valence-electron chi connectivity index (χ2n) is 5.24. The monoisotopic (exact) mass is 288 g/mol. The molecule has 112 valence electrons. The van der Waals surface area contributed by atoms with E-state index in [4.69, 9.17) is 13.6 Å². The maximum absolute atomic E-state index is 11.2. The summed E-state index contributed by atoms with van der Waals surface area (Å²) in [5.74, 6) is -0.291. The topological polar surface area (TPSA) is 44.8 Å². The van der Waals surface area contributed by atoms with Gasteiger partial charge in [0.25, 0.3) is 0 Å². The Kier molecular flexibility index (Phi) is 8.96. The average Bonchev–Trinajstić information content (AvgIpc) is 2.22. The molecule has 0 fully saturated rings. The van der Waals surface area contributed by atoms with Crippen molar-refractivity contribution in [1.29, 1.82) is 0 Å². The molecule has 0 amide bonds. The van der Waals surface area contributed by atoms with Crippen LogP contribution in [-0.2, 0) is 18.4 Å². The molecule has 0 N–H and O–H groups in total. The van der Waals surface area contributed by atoms with Crippen LogP contribution in [0.4, 0.5) is 0 Å². The van der Waals surface area contributed by atoms with Gasteiger partial charge in [-0.05, 0) is 53.6 Å². The van der Waals surface area contributed by atoms with E-state index >= 15 is 0 Å². The fourth-order valence-electron chi connectivity index (χ4n) is 1.89. The lowest BCUT2D eigenvalue weighted by Gasteiger charge is -2.31. The van der Waals surface area contributed by atoms with Gasteiger partial charge in [0.05, 0.1) is 6.61 Å². The van der Waals surface area contributed by atoms with E-state index in [0.29, 0.717) is 6.61 Å². The van der Waals surface area contributed by atoms with Gasteiger partial charge in [-0.2, -0.15) is 0 Å². The van der Waals surface area contributed by atoms with Gasteiger partial charge in [0, 0.05) is 18.3 Å². The Balaban J connectivity index is 4.16. The van der Waals surface area contributed by atoms with Crippen molar-refractivity contribution in [2.45, 2.75) is 65.8 Å². The number of rotatable bonds is 9. The number of esters is 1. The van der Waals surface area contributed by atoms with Crippen LogP contribution in [0.1, 0.15) is 41.0 Å². The minimum Gasteiger partial charge on any atom is -0.463 e. The van der Waals surface area contributed by atoms with Crippen molar-refractivity contribution in [1.82, 2.24) is 0 Å². The number of ether oxygens (including phenoxy) is 1. The van der Waals surface area contributed by atoms with E-state index in [1.165, 1.54) is 6.08 Å². The average molecular weight is 288 g/mol. The first-order valence-electron chi connectivity index (χ1n) is 6.94. The fraction of sp³-hybridized carbons (Fsp3) is 0.786. The van der Waals surface area contributed by atoms with Crippen molar-refractivity contribution in [2.24, 2.45) is 0 Å². The van der Waals surface area contributed by atoms with Gasteiger partial charge in [-0.3, -0.25) is 0 Å². The summed E-state index contributed by atoms with van der Waals surface area (Å²) in [4.78, 5) is 11.2. The zero-order valence-corrected chi connectivity index (χ0v) is 14.1. The third-order valence-electron chi connectivity index (χ3n) is 2.29. The first kappa shape index (κ1) is 18.3. The molecule has 0 unspecified atom stereocenters. The van der Waals surface area contributed by atoms with Crippen LogP contribution < -0.4 is 0 Å². The van der Waals surface area contributed by atoms with Crippen LogP contribution in [0, 0.1) is 0 Å². The molecule has 0 bridgehead atoms. The number of carbonyl (C=O) groups is 1. The Hall–Kier alpha value is -0.653. The summed E-state index contributed by atoms with van der Waals surface area (Å²) >= 11 is 0. The van der Waals surface area contributed by atoms with E-state index in [1.54, 1.807) is 13.0 Å². The second-order valence-corrected chi connectivity index (χ2v) is 8.48. The van der Waals surface area contributed by atoms with Crippen LogP contribution >= 0.6 is 0 Å². The smallest absolute Gasteiger partial charge is 0.335 e. The van der Waals surface area contributed by atoms with Crippen LogP contribution in [-0.4, -0.2) is 33.3 Å². The summed E-state index contributed by atoms with van der Waals surface area (Å²) in [6.45, 7) is 12.3. The molecule has 0 saturated carbocycles.